The van der Waals surface area contributed by atoms with Gasteiger partial charge in [-0.3, -0.25) is 20.2 Å². The van der Waals surface area contributed by atoms with Crippen molar-refractivity contribution in [1.82, 2.24) is 15.2 Å². The Kier molecular flexibility index (Phi) is 5.40. The van der Waals surface area contributed by atoms with Crippen molar-refractivity contribution in [1.29, 1.82) is 0 Å². The lowest BCUT2D eigenvalue weighted by Gasteiger charge is -2.18. The minimum atomic E-state index is -0.115. The minimum absolute atomic E-state index is 0.0143. The van der Waals surface area contributed by atoms with Crippen LogP contribution in [0.2, 0.25) is 0 Å². The molecule has 3 rings (SSSR count). The van der Waals surface area contributed by atoms with Gasteiger partial charge < -0.3 is 9.88 Å². The monoisotopic (exact) mass is 336 g/mol. The predicted molar refractivity (Wildman–Crippen MR) is 93.6 cm³/mol. The van der Waals surface area contributed by atoms with Crippen LogP contribution < -0.4 is 21.5 Å². The first-order valence-electron chi connectivity index (χ1n) is 8.32. The van der Waals surface area contributed by atoms with Gasteiger partial charge in [-0.25, -0.2) is 0 Å². The molecule has 23 heavy (non-hydrogen) atoms. The van der Waals surface area contributed by atoms with Crippen LogP contribution in [0.15, 0.2) is 23.1 Å². The third kappa shape index (κ3) is 4.16. The van der Waals surface area contributed by atoms with Gasteiger partial charge >= 0.3 is 0 Å². The van der Waals surface area contributed by atoms with E-state index in [1.54, 1.807) is 28.6 Å². The Morgan fingerprint density at radius 1 is 1.39 bits per heavy atom. The number of aryl methyl sites for hydroxylation is 1. The number of carbonyl (C=O) groups is 1. The minimum Gasteiger partial charge on any atom is -0.324 e. The number of rotatable bonds is 5. The van der Waals surface area contributed by atoms with E-state index in [0.717, 1.165) is 0 Å². The molecule has 1 amide bonds. The van der Waals surface area contributed by atoms with E-state index in [1.807, 2.05) is 6.92 Å². The van der Waals surface area contributed by atoms with Crippen molar-refractivity contribution in [3.05, 3.63) is 28.7 Å². The van der Waals surface area contributed by atoms with Gasteiger partial charge in [0.05, 0.1) is 10.9 Å². The lowest BCUT2D eigenvalue weighted by molar-refractivity contribution is -0.115. The lowest BCUT2D eigenvalue weighted by atomic mass is 10.3. The van der Waals surface area contributed by atoms with E-state index < -0.39 is 0 Å². The average molecular weight is 336 g/mol. The maximum absolute atomic E-state index is 12.4. The molecule has 3 N–H and O–H groups in total. The van der Waals surface area contributed by atoms with Gasteiger partial charge in [0.25, 0.3) is 5.56 Å². The van der Waals surface area contributed by atoms with Gasteiger partial charge in [-0.2, -0.15) is 0 Å². The molecule has 2 fully saturated rings. The second-order valence-corrected chi connectivity index (χ2v) is 7.40. The molecule has 2 unspecified atom stereocenters. The number of hydrogen-bond donors (Lipinski definition) is 3. The number of nitrogens with zero attached hydrogens (tertiary/aromatic N) is 1. The van der Waals surface area contributed by atoms with E-state index in [4.69, 9.17) is 0 Å². The van der Waals surface area contributed by atoms with Gasteiger partial charge in [0, 0.05) is 31.4 Å². The highest BCUT2D eigenvalue weighted by Crippen LogP contribution is 2.25. The summed E-state index contributed by atoms with van der Waals surface area (Å²) >= 11 is 1.64. The fraction of sp³-hybridized carbons (Fsp3) is 0.625. The van der Waals surface area contributed by atoms with Crippen molar-refractivity contribution < 1.29 is 4.79 Å². The van der Waals surface area contributed by atoms with Crippen molar-refractivity contribution in [2.45, 2.75) is 55.9 Å². The van der Waals surface area contributed by atoms with E-state index in [-0.39, 0.29) is 22.2 Å². The van der Waals surface area contributed by atoms with Crippen molar-refractivity contribution in [2.24, 2.45) is 0 Å². The van der Waals surface area contributed by atoms with Gasteiger partial charge in [-0.15, -0.1) is 11.8 Å². The summed E-state index contributed by atoms with van der Waals surface area (Å²) in [4.78, 5) is 24.0. The molecule has 1 saturated carbocycles. The zero-order valence-electron chi connectivity index (χ0n) is 13.4. The first-order valence-corrected chi connectivity index (χ1v) is 9.26. The van der Waals surface area contributed by atoms with Crippen LogP contribution in [0.5, 0.6) is 0 Å². The molecule has 2 heterocycles. The summed E-state index contributed by atoms with van der Waals surface area (Å²) < 4.78 is 1.58. The number of anilines is 1. The smallest absolute Gasteiger partial charge is 0.250 e. The van der Waals surface area contributed by atoms with Crippen LogP contribution in [0.25, 0.3) is 0 Å². The van der Waals surface area contributed by atoms with Gasteiger partial charge in [0.1, 0.15) is 5.50 Å². The van der Waals surface area contributed by atoms with Crippen LogP contribution in [0.1, 0.15) is 32.6 Å². The lowest BCUT2D eigenvalue weighted by Crippen LogP contribution is -2.41. The second-order valence-electron chi connectivity index (χ2n) is 6.09. The fourth-order valence-electron chi connectivity index (χ4n) is 3.11. The van der Waals surface area contributed by atoms with Crippen LogP contribution in [0.4, 0.5) is 5.69 Å². The Hall–Kier alpha value is -1.31. The summed E-state index contributed by atoms with van der Waals surface area (Å²) in [5.41, 5.74) is 0.769. The van der Waals surface area contributed by atoms with Crippen molar-refractivity contribution >= 4 is 23.4 Å². The summed E-state index contributed by atoms with van der Waals surface area (Å²) in [6.07, 6.45) is 6.75. The normalized spacial score (nSPS) is 24.9. The molecule has 1 saturated heterocycles. The second kappa shape index (κ2) is 7.51. The predicted octanol–water partition coefficient (Wildman–Crippen LogP) is 1.33. The SMILES string of the molecule is CCn1cc(NC(=O)C2CNC(NC3CCCC3)S2)ccc1=O. The maximum Gasteiger partial charge on any atom is 0.250 e. The van der Waals surface area contributed by atoms with E-state index in [9.17, 15) is 9.59 Å². The van der Waals surface area contributed by atoms with Crippen molar-refractivity contribution in [2.75, 3.05) is 11.9 Å². The van der Waals surface area contributed by atoms with Gasteiger partial charge in [0.2, 0.25) is 5.91 Å². The van der Waals surface area contributed by atoms with Crippen LogP contribution in [0, 0.1) is 0 Å². The van der Waals surface area contributed by atoms with Gasteiger partial charge in [-0.1, -0.05) is 12.8 Å². The first kappa shape index (κ1) is 16.5. The van der Waals surface area contributed by atoms with E-state index in [2.05, 4.69) is 16.0 Å². The molecule has 1 aromatic rings. The molecule has 7 heteroatoms. The topological polar surface area (TPSA) is 75.2 Å². The van der Waals surface area contributed by atoms with Crippen molar-refractivity contribution in [3.63, 3.8) is 0 Å². The number of thioether (sulfide) groups is 1. The molecule has 1 aliphatic heterocycles. The molecule has 0 aromatic carbocycles. The number of carbonyl (C=O) groups excluding carboxylic acids is 1. The molecule has 126 valence electrons. The number of amides is 1. The van der Waals surface area contributed by atoms with E-state index in [1.165, 1.54) is 31.7 Å². The third-order valence-electron chi connectivity index (χ3n) is 4.42. The van der Waals surface area contributed by atoms with Gasteiger partial charge in [-0.05, 0) is 25.8 Å². The molecular weight excluding hydrogens is 312 g/mol. The molecule has 1 aromatic heterocycles. The highest BCUT2D eigenvalue weighted by Gasteiger charge is 2.31. The Bertz CT molecular complexity index is 612. The van der Waals surface area contributed by atoms with Crippen LogP contribution >= 0.6 is 11.8 Å². The molecule has 1 aliphatic carbocycles. The number of hydrogen-bond acceptors (Lipinski definition) is 5. The molecule has 2 aliphatic rings. The molecular formula is C16H24N4O2S. The van der Waals surface area contributed by atoms with E-state index >= 15 is 0 Å². The summed E-state index contributed by atoms with van der Waals surface area (Å²) in [6.45, 7) is 3.16. The fourth-order valence-corrected chi connectivity index (χ4v) is 4.28. The average Bonchev–Trinajstić information content (AvgIpc) is 3.21. The Labute approximate surface area is 140 Å². The number of pyridine rings is 1. The molecule has 6 nitrogen and oxygen atoms in total. The van der Waals surface area contributed by atoms with Crippen LogP contribution in [-0.2, 0) is 11.3 Å². The molecule has 0 radical (unpaired) electrons. The summed E-state index contributed by atoms with van der Waals surface area (Å²) in [5, 5.41) is 9.74. The Balaban J connectivity index is 1.53. The number of nitrogens with one attached hydrogen (secondary N) is 3. The van der Waals surface area contributed by atoms with Crippen LogP contribution in [0.3, 0.4) is 0 Å². The largest absolute Gasteiger partial charge is 0.324 e. The van der Waals surface area contributed by atoms with E-state index in [0.29, 0.717) is 24.8 Å². The zero-order valence-corrected chi connectivity index (χ0v) is 14.2. The number of aromatic nitrogens is 1. The molecule has 2 atom stereocenters. The third-order valence-corrected chi connectivity index (χ3v) is 5.70. The summed E-state index contributed by atoms with van der Waals surface area (Å²) in [6, 6.07) is 3.73. The zero-order chi connectivity index (χ0) is 16.2. The Morgan fingerprint density at radius 2 is 2.17 bits per heavy atom. The van der Waals surface area contributed by atoms with Crippen LogP contribution in [-0.4, -0.2) is 33.8 Å². The first-order chi connectivity index (χ1) is 11.2. The Morgan fingerprint density at radius 3 is 2.91 bits per heavy atom. The van der Waals surface area contributed by atoms with Crippen molar-refractivity contribution in [3.8, 4) is 0 Å². The highest BCUT2D eigenvalue weighted by molar-refractivity contribution is 8.01. The summed E-state index contributed by atoms with van der Waals surface area (Å²) in [5.74, 6) is -0.0143. The maximum atomic E-state index is 12.4. The highest BCUT2D eigenvalue weighted by atomic mass is 32.2. The quantitative estimate of drug-likeness (QED) is 0.756. The molecule has 0 bridgehead atoms. The summed E-state index contributed by atoms with van der Waals surface area (Å²) in [7, 11) is 0. The van der Waals surface area contributed by atoms with Gasteiger partial charge in [0.15, 0.2) is 0 Å². The standard InChI is InChI=1S/C16H24N4O2S/c1-2-20-10-12(7-8-14(20)21)18-15(22)13-9-17-16(23-13)19-11-5-3-4-6-11/h7-8,10-11,13,16-17,19H,2-6,9H2,1H3,(H,18,22). The molecule has 0 spiro atoms.